The van der Waals surface area contributed by atoms with Crippen molar-refractivity contribution in [2.75, 3.05) is 19.6 Å². The number of benzene rings is 1. The maximum Gasteiger partial charge on any atom is 0.327 e. The first-order chi connectivity index (χ1) is 11.1. The van der Waals surface area contributed by atoms with Crippen LogP contribution in [-0.4, -0.2) is 53.0 Å². The minimum atomic E-state index is -0.638. The molecule has 0 aromatic heterocycles. The molecule has 3 amide bonds. The van der Waals surface area contributed by atoms with Crippen LogP contribution >= 0.6 is 0 Å². The van der Waals surface area contributed by atoms with Crippen molar-refractivity contribution in [2.24, 2.45) is 0 Å². The monoisotopic (exact) mass is 315 g/mol. The summed E-state index contributed by atoms with van der Waals surface area (Å²) in [4.78, 5) is 29.1. The van der Waals surface area contributed by atoms with Gasteiger partial charge in [0.2, 0.25) is 0 Å². The lowest BCUT2D eigenvalue weighted by atomic mass is 9.86. The molecule has 0 bridgehead atoms. The predicted molar refractivity (Wildman–Crippen MR) is 89.1 cm³/mol. The average molecular weight is 315 g/mol. The van der Waals surface area contributed by atoms with Gasteiger partial charge in [0.25, 0.3) is 5.91 Å². The van der Waals surface area contributed by atoms with Gasteiger partial charge in [-0.2, -0.15) is 0 Å². The van der Waals surface area contributed by atoms with Crippen molar-refractivity contribution in [3.63, 3.8) is 0 Å². The van der Waals surface area contributed by atoms with Gasteiger partial charge in [0.1, 0.15) is 5.54 Å². The number of piperidine rings is 1. The average Bonchev–Trinajstić information content (AvgIpc) is 2.75. The Bertz CT molecular complexity index is 579. The number of imide groups is 1. The van der Waals surface area contributed by atoms with Crippen LogP contribution in [0.3, 0.4) is 0 Å². The summed E-state index contributed by atoms with van der Waals surface area (Å²) < 4.78 is 0. The van der Waals surface area contributed by atoms with Gasteiger partial charge in [0.15, 0.2) is 0 Å². The molecular formula is C18H25N3O2. The van der Waals surface area contributed by atoms with E-state index in [0.717, 1.165) is 19.5 Å². The van der Waals surface area contributed by atoms with E-state index in [2.05, 4.69) is 17.4 Å². The molecule has 124 valence electrons. The van der Waals surface area contributed by atoms with Gasteiger partial charge in [-0.15, -0.1) is 0 Å². The van der Waals surface area contributed by atoms with Crippen LogP contribution in [0, 0.1) is 0 Å². The molecule has 1 N–H and O–H groups in total. The van der Waals surface area contributed by atoms with Gasteiger partial charge >= 0.3 is 6.03 Å². The summed E-state index contributed by atoms with van der Waals surface area (Å²) in [5, 5.41) is 3.30. The van der Waals surface area contributed by atoms with Gasteiger partial charge < -0.3 is 10.2 Å². The molecule has 0 saturated carbocycles. The summed E-state index contributed by atoms with van der Waals surface area (Å²) in [5.74, 6) is -0.00735. The molecule has 2 saturated heterocycles. The highest BCUT2D eigenvalue weighted by molar-refractivity contribution is 6.07. The van der Waals surface area contributed by atoms with Crippen molar-refractivity contribution in [3.05, 3.63) is 35.9 Å². The first-order valence-electron chi connectivity index (χ1n) is 8.46. The molecule has 5 nitrogen and oxygen atoms in total. The molecular weight excluding hydrogens is 290 g/mol. The van der Waals surface area contributed by atoms with E-state index in [4.69, 9.17) is 0 Å². The van der Waals surface area contributed by atoms with Crippen molar-refractivity contribution >= 4 is 11.9 Å². The second-order valence-electron chi connectivity index (χ2n) is 6.72. The standard InChI is InChI=1S/C18H25N3O2/c1-14(2)21-16(22)18(9-11-19-12-10-18)20(17(21)23)13-8-15-6-4-3-5-7-15/h3-7,14,19H,8-13H2,1-2H3. The Morgan fingerprint density at radius 1 is 1.13 bits per heavy atom. The lowest BCUT2D eigenvalue weighted by Gasteiger charge is -2.38. The molecule has 3 rings (SSSR count). The van der Waals surface area contributed by atoms with Crippen molar-refractivity contribution in [3.8, 4) is 0 Å². The second-order valence-corrected chi connectivity index (χ2v) is 6.72. The zero-order valence-electron chi connectivity index (χ0n) is 13.9. The molecule has 23 heavy (non-hydrogen) atoms. The van der Waals surface area contributed by atoms with Gasteiger partial charge in [0.05, 0.1) is 0 Å². The van der Waals surface area contributed by atoms with E-state index in [1.807, 2.05) is 36.9 Å². The minimum absolute atomic E-state index is 0.00735. The van der Waals surface area contributed by atoms with Crippen LogP contribution in [0.25, 0.3) is 0 Å². The Hall–Kier alpha value is -1.88. The summed E-state index contributed by atoms with van der Waals surface area (Å²) in [7, 11) is 0. The number of urea groups is 1. The number of rotatable bonds is 4. The summed E-state index contributed by atoms with van der Waals surface area (Å²) in [6, 6.07) is 9.92. The third-order valence-electron chi connectivity index (χ3n) is 4.98. The Balaban J connectivity index is 1.85. The molecule has 0 unspecified atom stereocenters. The molecule has 0 atom stereocenters. The highest BCUT2D eigenvalue weighted by atomic mass is 16.2. The summed E-state index contributed by atoms with van der Waals surface area (Å²) in [5.41, 5.74) is 0.557. The predicted octanol–water partition coefficient (Wildman–Crippen LogP) is 2.02. The summed E-state index contributed by atoms with van der Waals surface area (Å²) in [6.45, 7) is 5.98. The highest BCUT2D eigenvalue weighted by Gasteiger charge is 2.57. The Morgan fingerprint density at radius 3 is 2.39 bits per heavy atom. The first-order valence-corrected chi connectivity index (χ1v) is 8.46. The number of nitrogens with one attached hydrogen (secondary N) is 1. The molecule has 2 heterocycles. The molecule has 1 spiro atoms. The molecule has 1 aromatic rings. The summed E-state index contributed by atoms with van der Waals surface area (Å²) >= 11 is 0. The van der Waals surface area contributed by atoms with E-state index < -0.39 is 5.54 Å². The fourth-order valence-electron chi connectivity index (χ4n) is 3.71. The lowest BCUT2D eigenvalue weighted by Crippen LogP contribution is -2.56. The van der Waals surface area contributed by atoms with Gasteiger partial charge in [-0.1, -0.05) is 30.3 Å². The molecule has 5 heteroatoms. The van der Waals surface area contributed by atoms with Gasteiger partial charge in [-0.25, -0.2) is 4.79 Å². The van der Waals surface area contributed by atoms with Gasteiger partial charge in [0, 0.05) is 12.6 Å². The third-order valence-corrected chi connectivity index (χ3v) is 4.98. The zero-order chi connectivity index (χ0) is 16.4. The number of carbonyl (C=O) groups is 2. The fraction of sp³-hybridized carbons (Fsp3) is 0.556. The molecule has 2 fully saturated rings. The highest BCUT2D eigenvalue weighted by Crippen LogP contribution is 2.36. The van der Waals surface area contributed by atoms with Crippen molar-refractivity contribution in [2.45, 2.75) is 44.7 Å². The van der Waals surface area contributed by atoms with Crippen LogP contribution in [0.1, 0.15) is 32.3 Å². The molecule has 2 aliphatic rings. The SMILES string of the molecule is CC(C)N1C(=O)N(CCc2ccccc2)C2(CCNCC2)C1=O. The number of hydrogen-bond donors (Lipinski definition) is 1. The van der Waals surface area contributed by atoms with Crippen LogP contribution in [0.15, 0.2) is 30.3 Å². The van der Waals surface area contributed by atoms with Crippen molar-refractivity contribution in [1.29, 1.82) is 0 Å². The first kappa shape index (κ1) is 16.0. The Morgan fingerprint density at radius 2 is 1.78 bits per heavy atom. The Kier molecular flexibility index (Phi) is 4.39. The lowest BCUT2D eigenvalue weighted by molar-refractivity contribution is -0.135. The van der Waals surface area contributed by atoms with Crippen LogP contribution in [0.5, 0.6) is 0 Å². The fourth-order valence-corrected chi connectivity index (χ4v) is 3.71. The van der Waals surface area contributed by atoms with E-state index in [9.17, 15) is 9.59 Å². The molecule has 1 aromatic carbocycles. The maximum atomic E-state index is 13.0. The number of nitrogens with zero attached hydrogens (tertiary/aromatic N) is 2. The van der Waals surface area contributed by atoms with Crippen LogP contribution in [-0.2, 0) is 11.2 Å². The second kappa shape index (κ2) is 6.32. The molecule has 2 aliphatic heterocycles. The van der Waals surface area contributed by atoms with Gasteiger partial charge in [-0.3, -0.25) is 9.69 Å². The quantitative estimate of drug-likeness (QED) is 0.865. The van der Waals surface area contributed by atoms with Crippen molar-refractivity contribution < 1.29 is 9.59 Å². The van der Waals surface area contributed by atoms with E-state index in [1.54, 1.807) is 0 Å². The number of carbonyl (C=O) groups excluding carboxylic acids is 2. The maximum absolute atomic E-state index is 13.0. The van der Waals surface area contributed by atoms with E-state index in [1.165, 1.54) is 10.5 Å². The number of hydrogen-bond acceptors (Lipinski definition) is 3. The normalized spacial score (nSPS) is 20.8. The minimum Gasteiger partial charge on any atom is -0.317 e. The smallest absolute Gasteiger partial charge is 0.317 e. The van der Waals surface area contributed by atoms with Crippen LogP contribution in [0.2, 0.25) is 0 Å². The third kappa shape index (κ3) is 2.74. The van der Waals surface area contributed by atoms with E-state index in [-0.39, 0.29) is 18.0 Å². The number of amides is 3. The zero-order valence-corrected chi connectivity index (χ0v) is 13.9. The van der Waals surface area contributed by atoms with E-state index in [0.29, 0.717) is 19.4 Å². The van der Waals surface area contributed by atoms with Crippen molar-refractivity contribution in [1.82, 2.24) is 15.1 Å². The van der Waals surface area contributed by atoms with E-state index >= 15 is 0 Å². The summed E-state index contributed by atoms with van der Waals surface area (Å²) in [6.07, 6.45) is 2.19. The molecule has 0 aliphatic carbocycles. The topological polar surface area (TPSA) is 52.7 Å². The Labute approximate surface area is 137 Å². The van der Waals surface area contributed by atoms with Gasteiger partial charge in [-0.05, 0) is 51.8 Å². The molecule has 0 radical (unpaired) electrons. The largest absolute Gasteiger partial charge is 0.327 e. The van der Waals surface area contributed by atoms with Crippen LogP contribution < -0.4 is 5.32 Å². The van der Waals surface area contributed by atoms with Crippen LogP contribution in [0.4, 0.5) is 4.79 Å².